The van der Waals surface area contributed by atoms with E-state index in [1.165, 1.54) is 0 Å². The van der Waals surface area contributed by atoms with Gasteiger partial charge in [-0.25, -0.2) is 4.79 Å². The number of nitrogens with one attached hydrogen (secondary N) is 1. The Hall–Kier alpha value is -5.99. The number of ether oxygens (including phenoxy) is 3. The fourth-order valence-corrected chi connectivity index (χ4v) is 8.87. The Balaban J connectivity index is 0.00000345. The highest BCUT2D eigenvalue weighted by Gasteiger charge is 2.45. The molecule has 0 saturated carbocycles. The number of carbonyl (C=O) groups is 5. The van der Waals surface area contributed by atoms with Crippen molar-refractivity contribution >= 4 is 57.8 Å². The molecule has 3 aromatic carbocycles. The van der Waals surface area contributed by atoms with Gasteiger partial charge in [0.05, 0.1) is 35.6 Å². The summed E-state index contributed by atoms with van der Waals surface area (Å²) in [6.07, 6.45) is 2.22. The zero-order valence-corrected chi connectivity index (χ0v) is 40.0. The zero-order chi connectivity index (χ0) is 47.5. The number of anilines is 1. The number of esters is 1. The predicted octanol–water partition coefficient (Wildman–Crippen LogP) is 8.55. The van der Waals surface area contributed by atoms with Crippen molar-refractivity contribution in [1.82, 2.24) is 24.6 Å². The van der Waals surface area contributed by atoms with Gasteiger partial charge in [0.1, 0.15) is 23.1 Å². The highest BCUT2D eigenvalue weighted by Crippen LogP contribution is 2.39. The molecule has 1 atom stereocenters. The lowest BCUT2D eigenvalue weighted by molar-refractivity contribution is -0.136. The van der Waals surface area contributed by atoms with Gasteiger partial charge in [-0.3, -0.25) is 34.1 Å². The molecule has 1 fully saturated rings. The number of hydrogen-bond acceptors (Lipinski definition) is 10. The van der Waals surface area contributed by atoms with Crippen LogP contribution in [0.25, 0.3) is 22.0 Å². The maximum Gasteiger partial charge on any atom is 0.355 e. The number of amides is 4. The van der Waals surface area contributed by atoms with E-state index in [-0.39, 0.29) is 29.7 Å². The molecular formula is C50H61ClN6O8. The van der Waals surface area contributed by atoms with E-state index in [0.29, 0.717) is 63.3 Å². The molecule has 65 heavy (non-hydrogen) atoms. The number of aryl methyl sites for hydroxylation is 6. The van der Waals surface area contributed by atoms with Crippen molar-refractivity contribution in [2.45, 2.75) is 119 Å². The van der Waals surface area contributed by atoms with Crippen LogP contribution in [-0.4, -0.2) is 80.3 Å². The van der Waals surface area contributed by atoms with E-state index in [2.05, 4.69) is 22.0 Å². The van der Waals surface area contributed by atoms with Crippen molar-refractivity contribution in [3.8, 4) is 16.9 Å². The largest absolute Gasteiger partial charge is 0.494 e. The van der Waals surface area contributed by atoms with Gasteiger partial charge in [-0.05, 0) is 127 Å². The van der Waals surface area contributed by atoms with Gasteiger partial charge in [0, 0.05) is 59.5 Å². The number of aromatic nitrogens is 3. The molecule has 2 aromatic heterocycles. The first kappa shape index (κ1) is 48.5. The van der Waals surface area contributed by atoms with Crippen LogP contribution in [0.15, 0.2) is 42.5 Å². The number of halogens is 1. The number of para-hydroxylation sites is 1. The average molecular weight is 910 g/mol. The molecule has 7 rings (SSSR count). The summed E-state index contributed by atoms with van der Waals surface area (Å²) in [6, 6.07) is 12.2. The number of piperidine rings is 1. The molecule has 0 aliphatic carbocycles. The first-order valence-electron chi connectivity index (χ1n) is 22.4. The zero-order valence-electron chi connectivity index (χ0n) is 39.2. The molecule has 0 bridgehead atoms. The molecule has 346 valence electrons. The second-order valence-electron chi connectivity index (χ2n) is 17.4. The van der Waals surface area contributed by atoms with E-state index in [1.807, 2.05) is 92.2 Å². The number of hydrogen-bond donors (Lipinski definition) is 2. The summed E-state index contributed by atoms with van der Waals surface area (Å²) < 4.78 is 22.4. The van der Waals surface area contributed by atoms with Gasteiger partial charge in [-0.15, -0.1) is 0 Å². The Morgan fingerprint density at radius 3 is 2.26 bits per heavy atom. The average Bonchev–Trinajstić information content (AvgIpc) is 3.80. The van der Waals surface area contributed by atoms with Gasteiger partial charge in [-0.2, -0.15) is 5.10 Å². The Bertz CT molecular complexity index is 2650. The molecule has 5 aromatic rings. The summed E-state index contributed by atoms with van der Waals surface area (Å²) in [5.41, 5.74) is 14.6. The standard InChI is InChI=1S/C48H55ClN6O8.C2H6/c1-26-22-31(23-27(2)41(26)49)62-20-10-14-33-32-12-9-13-34(39-28(3)52-53(8)29(39)4)42(32)54(43(33)47(60)63-48(5,6)7)18-11-19-61-21-17-30-24-35-40(36(50)25-30)46(59)55(45(35)58)37-15-16-38(56)51-44(37)57;1-2/h9,12-13,22-25,37H,10-11,14-21,50H2,1-8H3,(H,51,56,57);1-2H3. The highest BCUT2D eigenvalue weighted by molar-refractivity contribution is 6.32. The second kappa shape index (κ2) is 20.0. The van der Waals surface area contributed by atoms with Gasteiger partial charge in [0.2, 0.25) is 11.8 Å². The molecule has 1 unspecified atom stereocenters. The topological polar surface area (TPSA) is 177 Å². The molecule has 14 nitrogen and oxygen atoms in total. The van der Waals surface area contributed by atoms with Crippen LogP contribution in [0.2, 0.25) is 5.02 Å². The van der Waals surface area contributed by atoms with Gasteiger partial charge < -0.3 is 24.5 Å². The lowest BCUT2D eigenvalue weighted by atomic mass is 9.98. The molecule has 2 aliphatic heterocycles. The van der Waals surface area contributed by atoms with Crippen molar-refractivity contribution in [3.63, 3.8) is 0 Å². The van der Waals surface area contributed by atoms with Crippen LogP contribution in [0.1, 0.15) is 125 Å². The van der Waals surface area contributed by atoms with Crippen molar-refractivity contribution in [2.24, 2.45) is 7.05 Å². The quantitative estimate of drug-likeness (QED) is 0.0448. The van der Waals surface area contributed by atoms with E-state index >= 15 is 0 Å². The normalized spacial score (nSPS) is 15.0. The number of imide groups is 2. The van der Waals surface area contributed by atoms with Crippen molar-refractivity contribution in [2.75, 3.05) is 25.6 Å². The van der Waals surface area contributed by atoms with Gasteiger partial charge in [0.15, 0.2) is 0 Å². The number of carbonyl (C=O) groups excluding carboxylic acids is 5. The third-order valence-electron chi connectivity index (χ3n) is 11.6. The molecule has 0 spiro atoms. The molecule has 3 N–H and O–H groups in total. The fourth-order valence-electron chi connectivity index (χ4n) is 8.76. The van der Waals surface area contributed by atoms with Crippen LogP contribution in [0.3, 0.4) is 0 Å². The number of benzene rings is 3. The highest BCUT2D eigenvalue weighted by atomic mass is 35.5. The maximum absolute atomic E-state index is 14.4. The minimum Gasteiger partial charge on any atom is -0.494 e. The maximum atomic E-state index is 14.4. The van der Waals surface area contributed by atoms with Gasteiger partial charge in [-0.1, -0.05) is 43.6 Å². The SMILES string of the molecule is CC.Cc1cc(OCCCc2c(C(=O)OC(C)(C)C)n(CCCOCCc3cc(N)c4c(c3)C(=O)N(C3CCC(=O)NC3=O)C4=O)c3c(-c4c(C)nn(C)c4C)cccc23)cc(C)c1Cl. The molecule has 1 saturated heterocycles. The van der Waals surface area contributed by atoms with Crippen LogP contribution in [0, 0.1) is 27.7 Å². The summed E-state index contributed by atoms with van der Waals surface area (Å²) in [4.78, 5) is 66.3. The summed E-state index contributed by atoms with van der Waals surface area (Å²) in [5, 5.41) is 8.61. The number of fused-ring (bicyclic) bond motifs is 2. The first-order valence-corrected chi connectivity index (χ1v) is 22.7. The van der Waals surface area contributed by atoms with Crippen molar-refractivity contribution in [3.05, 3.63) is 97.9 Å². The second-order valence-corrected chi connectivity index (χ2v) is 17.8. The van der Waals surface area contributed by atoms with Crippen LogP contribution < -0.4 is 15.8 Å². The van der Waals surface area contributed by atoms with E-state index in [1.54, 1.807) is 12.1 Å². The molecule has 15 heteroatoms. The van der Waals surface area contributed by atoms with Crippen LogP contribution >= 0.6 is 11.6 Å². The molecule has 0 radical (unpaired) electrons. The molecule has 4 amide bonds. The predicted molar refractivity (Wildman–Crippen MR) is 252 cm³/mol. The minimum absolute atomic E-state index is 0.0255. The van der Waals surface area contributed by atoms with Crippen molar-refractivity contribution in [1.29, 1.82) is 0 Å². The number of nitrogens with two attached hydrogens (primary N) is 1. The first-order chi connectivity index (χ1) is 30.9. The van der Waals surface area contributed by atoms with Gasteiger partial charge in [0.25, 0.3) is 11.8 Å². The number of nitrogen functional groups attached to an aromatic ring is 1. The van der Waals surface area contributed by atoms with Crippen LogP contribution in [-0.2, 0) is 45.5 Å². The van der Waals surface area contributed by atoms with E-state index in [9.17, 15) is 24.0 Å². The lowest BCUT2D eigenvalue weighted by Gasteiger charge is -2.27. The van der Waals surface area contributed by atoms with E-state index in [4.69, 9.17) is 36.6 Å². The van der Waals surface area contributed by atoms with E-state index in [0.717, 1.165) is 65.8 Å². The number of nitrogens with zero attached hydrogens (tertiary/aromatic N) is 4. The Morgan fingerprint density at radius 2 is 1.62 bits per heavy atom. The third-order valence-corrected chi connectivity index (χ3v) is 12.2. The van der Waals surface area contributed by atoms with Gasteiger partial charge >= 0.3 is 5.97 Å². The lowest BCUT2D eigenvalue weighted by Crippen LogP contribution is -2.54. The van der Waals surface area contributed by atoms with Crippen molar-refractivity contribution < 1.29 is 38.2 Å². The van der Waals surface area contributed by atoms with Crippen LogP contribution in [0.4, 0.5) is 5.69 Å². The smallest absolute Gasteiger partial charge is 0.355 e. The Morgan fingerprint density at radius 1 is 0.908 bits per heavy atom. The third kappa shape index (κ3) is 10.1. The fraction of sp³-hybridized carbons (Fsp3) is 0.440. The van der Waals surface area contributed by atoms with E-state index < -0.39 is 41.2 Å². The van der Waals surface area contributed by atoms with Crippen LogP contribution in [0.5, 0.6) is 5.75 Å². The summed E-state index contributed by atoms with van der Waals surface area (Å²) in [7, 11) is 1.92. The summed E-state index contributed by atoms with van der Waals surface area (Å²) in [6.45, 7) is 19.0. The number of rotatable bonds is 15. The Labute approximate surface area is 385 Å². The molecule has 2 aliphatic rings. The molecule has 4 heterocycles. The summed E-state index contributed by atoms with van der Waals surface area (Å²) >= 11 is 6.41. The monoisotopic (exact) mass is 908 g/mol. The summed E-state index contributed by atoms with van der Waals surface area (Å²) in [5.74, 6) is -2.06. The molecular weight excluding hydrogens is 848 g/mol. The minimum atomic E-state index is -1.08. The Kier molecular flexibility index (Phi) is 14.9.